The van der Waals surface area contributed by atoms with Gasteiger partial charge in [-0.2, -0.15) is 5.10 Å². The van der Waals surface area contributed by atoms with Crippen molar-refractivity contribution in [2.45, 2.75) is 26.3 Å². The molecule has 6 heteroatoms. The van der Waals surface area contributed by atoms with Crippen LogP contribution in [0.3, 0.4) is 0 Å². The monoisotopic (exact) mass is 342 g/mol. The summed E-state index contributed by atoms with van der Waals surface area (Å²) in [5.41, 5.74) is 2.37. The molecule has 0 amide bonds. The first-order valence-electron chi connectivity index (χ1n) is 8.84. The lowest BCUT2D eigenvalue weighted by molar-refractivity contribution is 0.278. The third kappa shape index (κ3) is 6.23. The molecular formula is C19H30N6. The van der Waals surface area contributed by atoms with E-state index in [2.05, 4.69) is 70.8 Å². The number of guanidine groups is 1. The van der Waals surface area contributed by atoms with E-state index in [4.69, 9.17) is 0 Å². The van der Waals surface area contributed by atoms with Gasteiger partial charge < -0.3 is 15.5 Å². The second-order valence-electron chi connectivity index (χ2n) is 6.37. The molecule has 6 nitrogen and oxygen atoms in total. The van der Waals surface area contributed by atoms with Crippen LogP contribution in [-0.2, 0) is 6.42 Å². The van der Waals surface area contributed by atoms with E-state index in [0.717, 1.165) is 37.7 Å². The standard InChI is InChI=1S/C19H30N6/c1-16(2)24(4)15-13-22-19(20-3)21-12-10-17-6-8-18(9-7-17)25-14-5-11-23-25/h5-9,11,14,16H,10,12-13,15H2,1-4H3,(H2,20,21,22). The number of nitrogens with zero attached hydrogens (tertiary/aromatic N) is 4. The summed E-state index contributed by atoms with van der Waals surface area (Å²) in [5.74, 6) is 0.852. The number of rotatable bonds is 8. The van der Waals surface area contributed by atoms with Crippen LogP contribution in [0.4, 0.5) is 0 Å². The maximum atomic E-state index is 4.27. The molecule has 0 radical (unpaired) electrons. The molecule has 2 N–H and O–H groups in total. The van der Waals surface area contributed by atoms with E-state index in [9.17, 15) is 0 Å². The Kier molecular flexibility index (Phi) is 7.47. The maximum Gasteiger partial charge on any atom is 0.191 e. The quantitative estimate of drug-likeness (QED) is 0.568. The molecular weight excluding hydrogens is 312 g/mol. The molecule has 0 unspecified atom stereocenters. The molecule has 136 valence electrons. The molecule has 0 atom stereocenters. The first-order chi connectivity index (χ1) is 12.1. The van der Waals surface area contributed by atoms with Crippen LogP contribution >= 0.6 is 0 Å². The zero-order valence-electron chi connectivity index (χ0n) is 15.7. The van der Waals surface area contributed by atoms with Gasteiger partial charge in [0.2, 0.25) is 0 Å². The van der Waals surface area contributed by atoms with E-state index in [-0.39, 0.29) is 0 Å². The van der Waals surface area contributed by atoms with Crippen LogP contribution in [0.2, 0.25) is 0 Å². The first-order valence-corrected chi connectivity index (χ1v) is 8.84. The number of nitrogens with one attached hydrogen (secondary N) is 2. The molecule has 0 aliphatic carbocycles. The number of hydrogen-bond donors (Lipinski definition) is 2. The Morgan fingerprint density at radius 1 is 1.20 bits per heavy atom. The predicted molar refractivity (Wildman–Crippen MR) is 104 cm³/mol. The minimum Gasteiger partial charge on any atom is -0.356 e. The highest BCUT2D eigenvalue weighted by Gasteiger charge is 2.03. The molecule has 2 aromatic rings. The number of hydrogen-bond acceptors (Lipinski definition) is 3. The van der Waals surface area contributed by atoms with E-state index >= 15 is 0 Å². The number of aromatic nitrogens is 2. The van der Waals surface area contributed by atoms with Crippen molar-refractivity contribution in [3.8, 4) is 5.69 Å². The van der Waals surface area contributed by atoms with Gasteiger partial charge in [0, 0.05) is 45.1 Å². The van der Waals surface area contributed by atoms with E-state index < -0.39 is 0 Å². The summed E-state index contributed by atoms with van der Waals surface area (Å²) in [4.78, 5) is 6.58. The minimum absolute atomic E-state index is 0.557. The molecule has 0 saturated carbocycles. The molecule has 2 rings (SSSR count). The van der Waals surface area contributed by atoms with Crippen LogP contribution in [0, 0.1) is 0 Å². The van der Waals surface area contributed by atoms with E-state index in [1.54, 1.807) is 13.2 Å². The van der Waals surface area contributed by atoms with Crippen LogP contribution in [-0.4, -0.2) is 60.4 Å². The average Bonchev–Trinajstić information content (AvgIpc) is 3.15. The van der Waals surface area contributed by atoms with Crippen molar-refractivity contribution >= 4 is 5.96 Å². The van der Waals surface area contributed by atoms with E-state index in [1.165, 1.54) is 5.56 Å². The van der Waals surface area contributed by atoms with Crippen LogP contribution in [0.1, 0.15) is 19.4 Å². The molecule has 1 aromatic heterocycles. The smallest absolute Gasteiger partial charge is 0.191 e. The highest BCUT2D eigenvalue weighted by Crippen LogP contribution is 2.08. The molecule has 0 bridgehead atoms. The molecule has 1 heterocycles. The van der Waals surface area contributed by atoms with E-state index in [0.29, 0.717) is 6.04 Å². The van der Waals surface area contributed by atoms with Gasteiger partial charge >= 0.3 is 0 Å². The Balaban J connectivity index is 1.71. The SMILES string of the molecule is CN=C(NCCc1ccc(-n2cccn2)cc1)NCCN(C)C(C)C. The van der Waals surface area contributed by atoms with Gasteiger partial charge in [0.25, 0.3) is 0 Å². The second-order valence-corrected chi connectivity index (χ2v) is 6.37. The minimum atomic E-state index is 0.557. The van der Waals surface area contributed by atoms with Crippen molar-refractivity contribution in [1.29, 1.82) is 0 Å². The summed E-state index contributed by atoms with van der Waals surface area (Å²) in [6, 6.07) is 11.0. The predicted octanol–water partition coefficient (Wildman–Crippen LogP) is 1.92. The normalized spacial score (nSPS) is 12.0. The third-order valence-electron chi connectivity index (χ3n) is 4.27. The molecule has 0 aliphatic heterocycles. The van der Waals surface area contributed by atoms with Crippen LogP contribution in [0.25, 0.3) is 5.69 Å². The summed E-state index contributed by atoms with van der Waals surface area (Å²) >= 11 is 0. The van der Waals surface area contributed by atoms with Crippen LogP contribution in [0.15, 0.2) is 47.7 Å². The average molecular weight is 342 g/mol. The molecule has 0 spiro atoms. The maximum absolute atomic E-state index is 4.27. The fourth-order valence-electron chi connectivity index (χ4n) is 2.39. The fourth-order valence-corrected chi connectivity index (χ4v) is 2.39. The Labute approximate surface area is 151 Å². The molecule has 1 aromatic carbocycles. The van der Waals surface area contributed by atoms with Crippen molar-refractivity contribution in [3.05, 3.63) is 48.3 Å². The van der Waals surface area contributed by atoms with Gasteiger partial charge in [0.15, 0.2) is 5.96 Å². The van der Waals surface area contributed by atoms with Gasteiger partial charge in [0.1, 0.15) is 0 Å². The lowest BCUT2D eigenvalue weighted by Gasteiger charge is -2.21. The molecule has 0 aliphatic rings. The molecule has 0 saturated heterocycles. The van der Waals surface area contributed by atoms with Crippen molar-refractivity contribution in [1.82, 2.24) is 25.3 Å². The zero-order chi connectivity index (χ0) is 18.1. The number of aliphatic imine (C=N–C) groups is 1. The zero-order valence-corrected chi connectivity index (χ0v) is 15.7. The van der Waals surface area contributed by atoms with Gasteiger partial charge in [-0.1, -0.05) is 12.1 Å². The van der Waals surface area contributed by atoms with Crippen LogP contribution < -0.4 is 10.6 Å². The Morgan fingerprint density at radius 3 is 2.52 bits per heavy atom. The molecule has 25 heavy (non-hydrogen) atoms. The lowest BCUT2D eigenvalue weighted by atomic mass is 10.1. The van der Waals surface area contributed by atoms with Gasteiger partial charge in [-0.05, 0) is 51.1 Å². The Bertz CT molecular complexity index is 630. The second kappa shape index (κ2) is 9.84. The van der Waals surface area contributed by atoms with Crippen molar-refractivity contribution < 1.29 is 0 Å². The summed E-state index contributed by atoms with van der Waals surface area (Å²) < 4.78 is 1.86. The Morgan fingerprint density at radius 2 is 1.92 bits per heavy atom. The Hall–Kier alpha value is -2.34. The fraction of sp³-hybridized carbons (Fsp3) is 0.474. The third-order valence-corrected chi connectivity index (χ3v) is 4.27. The summed E-state index contributed by atoms with van der Waals surface area (Å²) in [6.07, 6.45) is 4.68. The summed E-state index contributed by atoms with van der Waals surface area (Å²) in [5, 5.41) is 11.0. The number of benzene rings is 1. The first kappa shape index (κ1) is 19.0. The van der Waals surface area contributed by atoms with Crippen molar-refractivity contribution in [3.63, 3.8) is 0 Å². The van der Waals surface area contributed by atoms with Gasteiger partial charge in [0.05, 0.1) is 5.69 Å². The largest absolute Gasteiger partial charge is 0.356 e. The lowest BCUT2D eigenvalue weighted by Crippen LogP contribution is -2.42. The van der Waals surface area contributed by atoms with Gasteiger partial charge in [-0.15, -0.1) is 0 Å². The summed E-state index contributed by atoms with van der Waals surface area (Å²) in [7, 11) is 3.94. The molecule has 0 fully saturated rings. The van der Waals surface area contributed by atoms with Crippen molar-refractivity contribution in [2.75, 3.05) is 33.7 Å². The van der Waals surface area contributed by atoms with Gasteiger partial charge in [-0.3, -0.25) is 4.99 Å². The highest BCUT2D eigenvalue weighted by atomic mass is 15.3. The van der Waals surface area contributed by atoms with Crippen molar-refractivity contribution in [2.24, 2.45) is 4.99 Å². The van der Waals surface area contributed by atoms with Gasteiger partial charge in [-0.25, -0.2) is 4.68 Å². The highest BCUT2D eigenvalue weighted by molar-refractivity contribution is 5.79. The summed E-state index contributed by atoms with van der Waals surface area (Å²) in [6.45, 7) is 7.12. The topological polar surface area (TPSA) is 57.5 Å². The van der Waals surface area contributed by atoms with Crippen LogP contribution in [0.5, 0.6) is 0 Å². The number of likely N-dealkylation sites (N-methyl/N-ethyl adjacent to an activating group) is 1. The van der Waals surface area contributed by atoms with E-state index in [1.807, 2.05) is 16.9 Å².